The predicted molar refractivity (Wildman–Crippen MR) is 73.2 cm³/mol. The summed E-state index contributed by atoms with van der Waals surface area (Å²) in [6.07, 6.45) is 2.07. The van der Waals surface area contributed by atoms with Crippen molar-refractivity contribution in [3.05, 3.63) is 12.7 Å². The molecular weight excluding hydrogens is 276 g/mol. The Balaban J connectivity index is 2.16. The molecule has 21 heavy (non-hydrogen) atoms. The first-order chi connectivity index (χ1) is 10.0. The number of esters is 2. The van der Waals surface area contributed by atoms with E-state index in [1.54, 1.807) is 0 Å². The van der Waals surface area contributed by atoms with Gasteiger partial charge in [0.05, 0.1) is 6.61 Å². The number of fused-ring (bicyclic) bond motifs is 1. The highest BCUT2D eigenvalue weighted by molar-refractivity contribution is 5.66. The van der Waals surface area contributed by atoms with Crippen molar-refractivity contribution in [2.45, 2.75) is 45.2 Å². The molecule has 2 aliphatic heterocycles. The van der Waals surface area contributed by atoms with Crippen molar-refractivity contribution >= 4 is 11.9 Å². The Morgan fingerprint density at radius 3 is 2.71 bits per heavy atom. The maximum atomic E-state index is 11.4. The molecule has 0 aromatic rings. The number of ether oxygens (including phenoxy) is 4. The average Bonchev–Trinajstić information content (AvgIpc) is 2.86. The summed E-state index contributed by atoms with van der Waals surface area (Å²) in [6.45, 7) is 7.14. The summed E-state index contributed by atoms with van der Waals surface area (Å²) in [6, 6.07) is 0. The van der Waals surface area contributed by atoms with Gasteiger partial charge in [0.25, 0.3) is 0 Å². The van der Waals surface area contributed by atoms with Gasteiger partial charge in [-0.25, -0.2) is 0 Å². The lowest BCUT2D eigenvalue weighted by Gasteiger charge is -2.42. The van der Waals surface area contributed by atoms with Gasteiger partial charge in [-0.3, -0.25) is 9.59 Å². The van der Waals surface area contributed by atoms with Gasteiger partial charge in [0.1, 0.15) is 18.8 Å². The van der Waals surface area contributed by atoms with Gasteiger partial charge in [-0.2, -0.15) is 0 Å². The molecule has 0 spiro atoms. The van der Waals surface area contributed by atoms with Gasteiger partial charge in [-0.05, 0) is 12.8 Å². The fourth-order valence-corrected chi connectivity index (χ4v) is 3.10. The number of carbonyl (C=O) groups excluding carboxylic acids is 2. The molecule has 118 valence electrons. The van der Waals surface area contributed by atoms with E-state index in [1.165, 1.54) is 13.8 Å². The standard InChI is InChI=1S/C15H22O6/c1-4-5-11-12-6-7-18-15(12)21-13(8-19-9(2)16)14(11)20-10(3)17/h4,11-15H,1,5-8H2,2-3H3/t11-,12-,13-,14+,15+/m1/s1. The third-order valence-corrected chi connectivity index (χ3v) is 3.92. The summed E-state index contributed by atoms with van der Waals surface area (Å²) in [5.74, 6) is -0.535. The van der Waals surface area contributed by atoms with E-state index in [2.05, 4.69) is 6.58 Å². The lowest BCUT2D eigenvalue weighted by molar-refractivity contribution is -0.252. The Morgan fingerprint density at radius 2 is 2.10 bits per heavy atom. The second-order valence-electron chi connectivity index (χ2n) is 5.43. The number of allylic oxidation sites excluding steroid dienone is 1. The molecule has 0 aromatic carbocycles. The minimum Gasteiger partial charge on any atom is -0.463 e. The van der Waals surface area contributed by atoms with Crippen molar-refractivity contribution in [2.24, 2.45) is 11.8 Å². The van der Waals surface area contributed by atoms with E-state index in [0.717, 1.165) is 6.42 Å². The first-order valence-corrected chi connectivity index (χ1v) is 7.21. The van der Waals surface area contributed by atoms with Crippen LogP contribution in [0.15, 0.2) is 12.7 Å². The van der Waals surface area contributed by atoms with Crippen LogP contribution in [0.3, 0.4) is 0 Å². The van der Waals surface area contributed by atoms with E-state index >= 15 is 0 Å². The van der Waals surface area contributed by atoms with Gasteiger partial charge >= 0.3 is 11.9 Å². The first kappa shape index (κ1) is 16.0. The van der Waals surface area contributed by atoms with Gasteiger partial charge in [-0.1, -0.05) is 6.08 Å². The lowest BCUT2D eigenvalue weighted by atomic mass is 9.79. The summed E-state index contributed by atoms with van der Waals surface area (Å²) in [5, 5.41) is 0. The number of hydrogen-bond acceptors (Lipinski definition) is 6. The number of rotatable bonds is 5. The molecule has 2 heterocycles. The maximum absolute atomic E-state index is 11.4. The Morgan fingerprint density at radius 1 is 1.33 bits per heavy atom. The zero-order chi connectivity index (χ0) is 15.4. The molecule has 0 saturated carbocycles. The van der Waals surface area contributed by atoms with Crippen LogP contribution < -0.4 is 0 Å². The molecule has 0 aliphatic carbocycles. The normalized spacial score (nSPS) is 34.9. The zero-order valence-corrected chi connectivity index (χ0v) is 12.4. The molecule has 5 atom stereocenters. The van der Waals surface area contributed by atoms with E-state index in [1.807, 2.05) is 6.08 Å². The fourth-order valence-electron chi connectivity index (χ4n) is 3.10. The Labute approximate surface area is 124 Å². The summed E-state index contributed by atoms with van der Waals surface area (Å²) in [7, 11) is 0. The smallest absolute Gasteiger partial charge is 0.303 e. The molecule has 6 nitrogen and oxygen atoms in total. The zero-order valence-electron chi connectivity index (χ0n) is 12.4. The Bertz CT molecular complexity index is 407. The Kier molecular flexibility index (Phi) is 5.36. The topological polar surface area (TPSA) is 71.1 Å². The molecule has 2 aliphatic rings. The van der Waals surface area contributed by atoms with Crippen molar-refractivity contribution in [3.63, 3.8) is 0 Å². The Hall–Kier alpha value is -1.40. The minimum atomic E-state index is -0.512. The SMILES string of the molecule is C=CC[C@@H]1[C@H]2CCO[C@H]2O[C@H](COC(C)=O)[C@H]1OC(C)=O. The molecule has 0 radical (unpaired) electrons. The van der Waals surface area contributed by atoms with Crippen LogP contribution in [0.2, 0.25) is 0 Å². The van der Waals surface area contributed by atoms with Gasteiger partial charge in [0, 0.05) is 25.7 Å². The van der Waals surface area contributed by atoms with E-state index in [9.17, 15) is 9.59 Å². The van der Waals surface area contributed by atoms with Gasteiger partial charge < -0.3 is 18.9 Å². The van der Waals surface area contributed by atoms with E-state index < -0.39 is 18.2 Å². The molecule has 0 aromatic heterocycles. The maximum Gasteiger partial charge on any atom is 0.303 e. The van der Waals surface area contributed by atoms with Crippen LogP contribution in [0.25, 0.3) is 0 Å². The van der Waals surface area contributed by atoms with Crippen LogP contribution >= 0.6 is 0 Å². The summed E-state index contributed by atoms with van der Waals surface area (Å²) < 4.78 is 21.9. The largest absolute Gasteiger partial charge is 0.463 e. The molecule has 0 unspecified atom stereocenters. The van der Waals surface area contributed by atoms with Crippen LogP contribution in [-0.2, 0) is 28.5 Å². The fraction of sp³-hybridized carbons (Fsp3) is 0.733. The summed E-state index contributed by atoms with van der Waals surface area (Å²) in [5.41, 5.74) is 0. The van der Waals surface area contributed by atoms with Crippen molar-refractivity contribution in [1.82, 2.24) is 0 Å². The minimum absolute atomic E-state index is 0.0491. The summed E-state index contributed by atoms with van der Waals surface area (Å²) in [4.78, 5) is 22.4. The predicted octanol–water partition coefficient (Wildman–Crippen LogP) is 1.43. The quantitative estimate of drug-likeness (QED) is 0.565. The lowest BCUT2D eigenvalue weighted by Crippen LogP contribution is -2.53. The third-order valence-electron chi connectivity index (χ3n) is 3.92. The van der Waals surface area contributed by atoms with Crippen molar-refractivity contribution in [1.29, 1.82) is 0 Å². The molecule has 0 N–H and O–H groups in total. The average molecular weight is 298 g/mol. The second kappa shape index (κ2) is 7.04. The van der Waals surface area contributed by atoms with Crippen LogP contribution in [0.4, 0.5) is 0 Å². The molecule has 2 saturated heterocycles. The van der Waals surface area contributed by atoms with E-state index in [-0.39, 0.29) is 30.7 Å². The number of carbonyl (C=O) groups is 2. The first-order valence-electron chi connectivity index (χ1n) is 7.21. The van der Waals surface area contributed by atoms with Crippen molar-refractivity contribution in [3.8, 4) is 0 Å². The van der Waals surface area contributed by atoms with Crippen LogP contribution in [0, 0.1) is 11.8 Å². The third kappa shape index (κ3) is 3.83. The monoisotopic (exact) mass is 298 g/mol. The van der Waals surface area contributed by atoms with Crippen LogP contribution in [0.1, 0.15) is 26.7 Å². The highest BCUT2D eigenvalue weighted by Crippen LogP contribution is 2.41. The van der Waals surface area contributed by atoms with Crippen LogP contribution in [-0.4, -0.2) is 43.7 Å². The molecule has 6 heteroatoms. The molecule has 0 amide bonds. The summed E-state index contributed by atoms with van der Waals surface area (Å²) >= 11 is 0. The molecule has 0 bridgehead atoms. The highest BCUT2D eigenvalue weighted by Gasteiger charge is 2.49. The van der Waals surface area contributed by atoms with Gasteiger partial charge in [0.2, 0.25) is 0 Å². The second-order valence-corrected chi connectivity index (χ2v) is 5.43. The van der Waals surface area contributed by atoms with Crippen LogP contribution in [0.5, 0.6) is 0 Å². The van der Waals surface area contributed by atoms with E-state index in [4.69, 9.17) is 18.9 Å². The van der Waals surface area contributed by atoms with Gasteiger partial charge in [-0.15, -0.1) is 6.58 Å². The molecule has 2 fully saturated rings. The highest BCUT2D eigenvalue weighted by atomic mass is 16.7. The van der Waals surface area contributed by atoms with E-state index in [0.29, 0.717) is 13.0 Å². The molecule has 2 rings (SSSR count). The number of hydrogen-bond donors (Lipinski definition) is 0. The van der Waals surface area contributed by atoms with Crippen molar-refractivity contribution in [2.75, 3.05) is 13.2 Å². The molecular formula is C15H22O6. The van der Waals surface area contributed by atoms with Gasteiger partial charge in [0.15, 0.2) is 6.29 Å². The van der Waals surface area contributed by atoms with Crippen molar-refractivity contribution < 1.29 is 28.5 Å².